The number of hydrogen-bond acceptors (Lipinski definition) is 2. The third-order valence-electron chi connectivity index (χ3n) is 4.03. The van der Waals surface area contributed by atoms with Gasteiger partial charge in [0, 0.05) is 19.2 Å². The van der Waals surface area contributed by atoms with E-state index in [1.807, 2.05) is 30.1 Å². The SMILES string of the molecule is Cc1ccc(C(=O)N(C)CC2CCCNC2)cc1C. The minimum Gasteiger partial charge on any atom is -0.341 e. The number of rotatable bonds is 3. The Balaban J connectivity index is 1.99. The average Bonchev–Trinajstić information content (AvgIpc) is 2.42. The van der Waals surface area contributed by atoms with E-state index in [2.05, 4.69) is 19.2 Å². The second-order valence-corrected chi connectivity index (χ2v) is 5.70. The Bertz CT molecular complexity index is 450. The summed E-state index contributed by atoms with van der Waals surface area (Å²) in [6, 6.07) is 5.95. The number of piperidine rings is 1. The second kappa shape index (κ2) is 6.20. The van der Waals surface area contributed by atoms with Gasteiger partial charge in [-0.25, -0.2) is 0 Å². The zero-order valence-corrected chi connectivity index (χ0v) is 12.2. The molecule has 0 bridgehead atoms. The van der Waals surface area contributed by atoms with Gasteiger partial charge in [-0.1, -0.05) is 6.07 Å². The molecule has 3 nitrogen and oxygen atoms in total. The van der Waals surface area contributed by atoms with Crippen molar-refractivity contribution in [3.05, 3.63) is 34.9 Å². The van der Waals surface area contributed by atoms with Crippen molar-refractivity contribution in [3.63, 3.8) is 0 Å². The van der Waals surface area contributed by atoms with Crippen molar-refractivity contribution in [2.75, 3.05) is 26.7 Å². The van der Waals surface area contributed by atoms with Gasteiger partial charge >= 0.3 is 0 Å². The van der Waals surface area contributed by atoms with Crippen molar-refractivity contribution in [3.8, 4) is 0 Å². The van der Waals surface area contributed by atoms with Crippen LogP contribution in [-0.4, -0.2) is 37.5 Å². The number of carbonyl (C=O) groups is 1. The van der Waals surface area contributed by atoms with E-state index in [1.165, 1.54) is 24.0 Å². The Labute approximate surface area is 116 Å². The molecule has 1 aromatic rings. The summed E-state index contributed by atoms with van der Waals surface area (Å²) in [6.07, 6.45) is 2.44. The van der Waals surface area contributed by atoms with Crippen molar-refractivity contribution in [1.82, 2.24) is 10.2 Å². The van der Waals surface area contributed by atoms with Gasteiger partial charge in [-0.2, -0.15) is 0 Å². The number of nitrogens with one attached hydrogen (secondary N) is 1. The van der Waals surface area contributed by atoms with E-state index in [0.29, 0.717) is 5.92 Å². The first-order chi connectivity index (χ1) is 9.08. The van der Waals surface area contributed by atoms with Crippen LogP contribution in [0.25, 0.3) is 0 Å². The lowest BCUT2D eigenvalue weighted by atomic mass is 9.98. The monoisotopic (exact) mass is 260 g/mol. The van der Waals surface area contributed by atoms with E-state index < -0.39 is 0 Å². The molecule has 104 valence electrons. The van der Waals surface area contributed by atoms with Gasteiger partial charge in [-0.15, -0.1) is 0 Å². The van der Waals surface area contributed by atoms with Gasteiger partial charge in [-0.05, 0) is 69.0 Å². The molecular formula is C16H24N2O. The molecule has 1 unspecified atom stereocenters. The van der Waals surface area contributed by atoms with Crippen LogP contribution in [-0.2, 0) is 0 Å². The van der Waals surface area contributed by atoms with Gasteiger partial charge in [0.2, 0.25) is 0 Å². The molecular weight excluding hydrogens is 236 g/mol. The molecule has 1 aliphatic rings. The molecule has 0 saturated carbocycles. The Morgan fingerprint density at radius 1 is 1.37 bits per heavy atom. The lowest BCUT2D eigenvalue weighted by molar-refractivity contribution is 0.0764. The molecule has 3 heteroatoms. The molecule has 1 amide bonds. The lowest BCUT2D eigenvalue weighted by Gasteiger charge is -2.27. The first-order valence-corrected chi connectivity index (χ1v) is 7.11. The summed E-state index contributed by atoms with van der Waals surface area (Å²) in [5.74, 6) is 0.725. The van der Waals surface area contributed by atoms with E-state index in [1.54, 1.807) is 0 Å². The minimum absolute atomic E-state index is 0.133. The van der Waals surface area contributed by atoms with Crippen LogP contribution in [0.4, 0.5) is 0 Å². The fourth-order valence-electron chi connectivity index (χ4n) is 2.64. The van der Waals surface area contributed by atoms with E-state index in [4.69, 9.17) is 0 Å². The molecule has 1 heterocycles. The number of carbonyl (C=O) groups excluding carboxylic acids is 1. The number of nitrogens with zero attached hydrogens (tertiary/aromatic N) is 1. The van der Waals surface area contributed by atoms with E-state index in [0.717, 1.165) is 25.2 Å². The fourth-order valence-corrected chi connectivity index (χ4v) is 2.64. The van der Waals surface area contributed by atoms with Crippen molar-refractivity contribution in [2.24, 2.45) is 5.92 Å². The van der Waals surface area contributed by atoms with E-state index in [-0.39, 0.29) is 5.91 Å². The molecule has 1 N–H and O–H groups in total. The molecule has 1 fully saturated rings. The largest absolute Gasteiger partial charge is 0.341 e. The summed E-state index contributed by atoms with van der Waals surface area (Å²) in [7, 11) is 1.91. The van der Waals surface area contributed by atoms with Crippen LogP contribution < -0.4 is 5.32 Å². The van der Waals surface area contributed by atoms with Crippen molar-refractivity contribution in [1.29, 1.82) is 0 Å². The maximum absolute atomic E-state index is 12.4. The fraction of sp³-hybridized carbons (Fsp3) is 0.562. The highest BCUT2D eigenvalue weighted by Gasteiger charge is 2.19. The third kappa shape index (κ3) is 3.57. The smallest absolute Gasteiger partial charge is 0.253 e. The lowest BCUT2D eigenvalue weighted by Crippen LogP contribution is -2.39. The Hall–Kier alpha value is -1.35. The highest BCUT2D eigenvalue weighted by molar-refractivity contribution is 5.94. The van der Waals surface area contributed by atoms with Gasteiger partial charge < -0.3 is 10.2 Å². The first kappa shape index (κ1) is 14.1. The van der Waals surface area contributed by atoms with E-state index in [9.17, 15) is 4.79 Å². The Morgan fingerprint density at radius 3 is 2.79 bits per heavy atom. The van der Waals surface area contributed by atoms with Gasteiger partial charge in [0.05, 0.1) is 0 Å². The molecule has 0 radical (unpaired) electrons. The molecule has 0 aliphatic carbocycles. The van der Waals surface area contributed by atoms with Crippen LogP contribution in [0.1, 0.15) is 34.3 Å². The molecule has 1 saturated heterocycles. The van der Waals surface area contributed by atoms with Crippen LogP contribution in [0.15, 0.2) is 18.2 Å². The zero-order chi connectivity index (χ0) is 13.8. The van der Waals surface area contributed by atoms with Crippen LogP contribution in [0.3, 0.4) is 0 Å². The van der Waals surface area contributed by atoms with Gasteiger partial charge in [0.25, 0.3) is 5.91 Å². The second-order valence-electron chi connectivity index (χ2n) is 5.70. The van der Waals surface area contributed by atoms with Crippen molar-refractivity contribution >= 4 is 5.91 Å². The predicted octanol–water partition coefficient (Wildman–Crippen LogP) is 2.38. The highest BCUT2D eigenvalue weighted by Crippen LogP contribution is 2.15. The quantitative estimate of drug-likeness (QED) is 0.905. The topological polar surface area (TPSA) is 32.3 Å². The summed E-state index contributed by atoms with van der Waals surface area (Å²) in [5.41, 5.74) is 3.21. The molecule has 1 atom stereocenters. The average molecular weight is 260 g/mol. The molecule has 1 aliphatic heterocycles. The Kier molecular flexibility index (Phi) is 4.59. The predicted molar refractivity (Wildman–Crippen MR) is 78.5 cm³/mol. The molecule has 2 rings (SSSR count). The number of hydrogen-bond donors (Lipinski definition) is 1. The standard InChI is InChI=1S/C16H24N2O/c1-12-6-7-15(9-13(12)2)16(19)18(3)11-14-5-4-8-17-10-14/h6-7,9,14,17H,4-5,8,10-11H2,1-3H3. The third-order valence-corrected chi connectivity index (χ3v) is 4.03. The summed E-state index contributed by atoms with van der Waals surface area (Å²) in [6.45, 7) is 7.12. The molecule has 19 heavy (non-hydrogen) atoms. The first-order valence-electron chi connectivity index (χ1n) is 7.11. The van der Waals surface area contributed by atoms with Crippen LogP contribution in [0.2, 0.25) is 0 Å². The highest BCUT2D eigenvalue weighted by atomic mass is 16.2. The normalized spacial score (nSPS) is 19.2. The summed E-state index contributed by atoms with van der Waals surface area (Å²) >= 11 is 0. The van der Waals surface area contributed by atoms with E-state index >= 15 is 0 Å². The van der Waals surface area contributed by atoms with Gasteiger partial charge in [0.1, 0.15) is 0 Å². The summed E-state index contributed by atoms with van der Waals surface area (Å²) < 4.78 is 0. The van der Waals surface area contributed by atoms with Gasteiger partial charge in [0.15, 0.2) is 0 Å². The van der Waals surface area contributed by atoms with Crippen molar-refractivity contribution in [2.45, 2.75) is 26.7 Å². The van der Waals surface area contributed by atoms with Gasteiger partial charge in [-0.3, -0.25) is 4.79 Å². The maximum Gasteiger partial charge on any atom is 0.253 e. The molecule has 0 spiro atoms. The van der Waals surface area contributed by atoms with Crippen LogP contribution in [0, 0.1) is 19.8 Å². The zero-order valence-electron chi connectivity index (χ0n) is 12.2. The van der Waals surface area contributed by atoms with Crippen LogP contribution >= 0.6 is 0 Å². The minimum atomic E-state index is 0.133. The molecule has 1 aromatic carbocycles. The van der Waals surface area contributed by atoms with Crippen LogP contribution in [0.5, 0.6) is 0 Å². The Morgan fingerprint density at radius 2 is 2.16 bits per heavy atom. The van der Waals surface area contributed by atoms with Crippen molar-refractivity contribution < 1.29 is 4.79 Å². The number of benzene rings is 1. The number of amides is 1. The summed E-state index contributed by atoms with van der Waals surface area (Å²) in [4.78, 5) is 14.3. The maximum atomic E-state index is 12.4. The summed E-state index contributed by atoms with van der Waals surface area (Å²) in [5, 5.41) is 3.40. The number of aryl methyl sites for hydroxylation is 2. The molecule has 0 aromatic heterocycles.